The Morgan fingerprint density at radius 1 is 1.06 bits per heavy atom. The van der Waals surface area contributed by atoms with Crippen molar-refractivity contribution in [3.8, 4) is 23.0 Å². The van der Waals surface area contributed by atoms with Gasteiger partial charge in [-0.2, -0.15) is 0 Å². The first-order valence-electron chi connectivity index (χ1n) is 10.4. The molecule has 1 heterocycles. The van der Waals surface area contributed by atoms with Crippen LogP contribution in [0.15, 0.2) is 29.3 Å². The number of fused-ring (bicyclic) bond motifs is 1. The van der Waals surface area contributed by atoms with Crippen LogP contribution in [0.3, 0.4) is 0 Å². The Morgan fingerprint density at radius 2 is 1.81 bits per heavy atom. The molecule has 32 heavy (non-hydrogen) atoms. The summed E-state index contributed by atoms with van der Waals surface area (Å²) < 4.78 is 41.0. The molecule has 8 nitrogen and oxygen atoms in total. The Balaban J connectivity index is 1.68. The molecular formula is C23H30FN3O5. The zero-order valence-corrected chi connectivity index (χ0v) is 18.9. The van der Waals surface area contributed by atoms with Crippen molar-refractivity contribution in [2.45, 2.75) is 26.5 Å². The molecule has 0 saturated heterocycles. The van der Waals surface area contributed by atoms with Gasteiger partial charge in [0.05, 0.1) is 34.5 Å². The Hall–Kier alpha value is -3.20. The number of rotatable bonds is 9. The molecule has 0 saturated carbocycles. The predicted octanol–water partition coefficient (Wildman–Crippen LogP) is 3.02. The number of ether oxygens (including phenoxy) is 5. The summed E-state index contributed by atoms with van der Waals surface area (Å²) in [5.41, 5.74) is 2.44. The van der Waals surface area contributed by atoms with Gasteiger partial charge < -0.3 is 34.3 Å². The van der Waals surface area contributed by atoms with Gasteiger partial charge in [0.2, 0.25) is 5.75 Å². The number of hydrogen-bond donors (Lipinski definition) is 2. The second-order valence-electron chi connectivity index (χ2n) is 7.07. The molecule has 1 aliphatic heterocycles. The molecule has 0 fully saturated rings. The van der Waals surface area contributed by atoms with Gasteiger partial charge in [-0.3, -0.25) is 0 Å². The molecule has 0 amide bonds. The molecule has 0 bridgehead atoms. The van der Waals surface area contributed by atoms with E-state index in [0.717, 1.165) is 16.7 Å². The van der Waals surface area contributed by atoms with Gasteiger partial charge in [-0.25, -0.2) is 9.38 Å². The van der Waals surface area contributed by atoms with Crippen molar-refractivity contribution in [1.82, 2.24) is 10.6 Å². The van der Waals surface area contributed by atoms with E-state index in [1.54, 1.807) is 21.3 Å². The fourth-order valence-corrected chi connectivity index (χ4v) is 3.50. The summed E-state index contributed by atoms with van der Waals surface area (Å²) in [5.74, 6) is 2.76. The molecule has 0 radical (unpaired) electrons. The quantitative estimate of drug-likeness (QED) is 0.452. The van der Waals surface area contributed by atoms with Gasteiger partial charge in [0, 0.05) is 18.7 Å². The molecule has 0 atom stereocenters. The smallest absolute Gasteiger partial charge is 0.203 e. The lowest BCUT2D eigenvalue weighted by molar-refractivity contribution is -0.0172. The van der Waals surface area contributed by atoms with Gasteiger partial charge in [0.25, 0.3) is 0 Å². The van der Waals surface area contributed by atoms with E-state index >= 15 is 0 Å². The lowest BCUT2D eigenvalue weighted by Crippen LogP contribution is -2.38. The third-order valence-electron chi connectivity index (χ3n) is 4.93. The van der Waals surface area contributed by atoms with Crippen LogP contribution in [0.4, 0.5) is 4.39 Å². The van der Waals surface area contributed by atoms with E-state index in [4.69, 9.17) is 23.7 Å². The Morgan fingerprint density at radius 3 is 2.47 bits per heavy atom. The predicted molar refractivity (Wildman–Crippen MR) is 119 cm³/mol. The van der Waals surface area contributed by atoms with Crippen LogP contribution < -0.4 is 29.6 Å². The highest BCUT2D eigenvalue weighted by atomic mass is 19.1. The molecule has 1 aliphatic rings. The van der Waals surface area contributed by atoms with E-state index in [1.165, 1.54) is 12.1 Å². The molecule has 3 rings (SSSR count). The Bertz CT molecular complexity index is 926. The first-order valence-corrected chi connectivity index (χ1v) is 10.4. The molecule has 0 unspecified atom stereocenters. The average molecular weight is 448 g/mol. The highest BCUT2D eigenvalue weighted by Gasteiger charge is 2.17. The number of nitrogens with zero attached hydrogens (tertiary/aromatic N) is 1. The topological polar surface area (TPSA) is 82.6 Å². The van der Waals surface area contributed by atoms with E-state index in [2.05, 4.69) is 15.6 Å². The van der Waals surface area contributed by atoms with Crippen LogP contribution in [0.1, 0.15) is 23.6 Å². The van der Waals surface area contributed by atoms with Crippen LogP contribution in [0, 0.1) is 5.82 Å². The lowest BCUT2D eigenvalue weighted by Gasteiger charge is -2.21. The minimum atomic E-state index is -0.296. The minimum Gasteiger partial charge on any atom is -0.493 e. The Kier molecular flexibility index (Phi) is 8.38. The summed E-state index contributed by atoms with van der Waals surface area (Å²) in [4.78, 5) is 4.64. The molecular weight excluding hydrogens is 417 g/mol. The fourth-order valence-electron chi connectivity index (χ4n) is 3.50. The van der Waals surface area contributed by atoms with Crippen LogP contribution >= 0.6 is 0 Å². The lowest BCUT2D eigenvalue weighted by atomic mass is 10.1. The van der Waals surface area contributed by atoms with Crippen molar-refractivity contribution in [3.63, 3.8) is 0 Å². The first-order chi connectivity index (χ1) is 15.6. The number of halogens is 1. The first kappa shape index (κ1) is 23.5. The van der Waals surface area contributed by atoms with Crippen molar-refractivity contribution >= 4 is 5.96 Å². The average Bonchev–Trinajstić information content (AvgIpc) is 2.81. The number of guanidine groups is 1. The van der Waals surface area contributed by atoms with Crippen LogP contribution in [0.2, 0.25) is 0 Å². The third kappa shape index (κ3) is 5.73. The monoisotopic (exact) mass is 447 g/mol. The van der Waals surface area contributed by atoms with E-state index in [1.807, 2.05) is 19.1 Å². The zero-order valence-electron chi connectivity index (χ0n) is 18.9. The highest BCUT2D eigenvalue weighted by Crippen LogP contribution is 2.38. The number of aliphatic imine (C=N–C) groups is 1. The van der Waals surface area contributed by atoms with Crippen LogP contribution in [-0.2, 0) is 24.3 Å². The van der Waals surface area contributed by atoms with Crippen molar-refractivity contribution in [2.75, 3.05) is 41.2 Å². The number of methoxy groups -OCH3 is 3. The van der Waals surface area contributed by atoms with Crippen molar-refractivity contribution in [3.05, 3.63) is 46.8 Å². The summed E-state index contributed by atoms with van der Waals surface area (Å²) in [6.07, 6.45) is 0.578. The summed E-state index contributed by atoms with van der Waals surface area (Å²) in [6, 6.07) is 6.69. The summed E-state index contributed by atoms with van der Waals surface area (Å²) in [6.45, 7) is 4.19. The standard InChI is InChI=1S/C23H30FN3O5/c1-5-25-23(27-12-15-8-19(28-2)22(30-4)20(9-15)29-3)26-7-6-16-10-18(24)11-17-13-31-14-32-21(16)17/h8-11H,5-7,12-14H2,1-4H3,(H2,25,26,27). The van der Waals surface area contributed by atoms with Crippen LogP contribution in [-0.4, -0.2) is 47.2 Å². The van der Waals surface area contributed by atoms with Crippen LogP contribution in [0.25, 0.3) is 0 Å². The van der Waals surface area contributed by atoms with Gasteiger partial charge in [-0.15, -0.1) is 0 Å². The van der Waals surface area contributed by atoms with Crippen molar-refractivity contribution in [1.29, 1.82) is 0 Å². The van der Waals surface area contributed by atoms with Gasteiger partial charge in [0.1, 0.15) is 11.6 Å². The second-order valence-corrected chi connectivity index (χ2v) is 7.07. The van der Waals surface area contributed by atoms with Gasteiger partial charge in [-0.1, -0.05) is 0 Å². The molecule has 0 aromatic heterocycles. The summed E-state index contributed by atoms with van der Waals surface area (Å²) >= 11 is 0. The van der Waals surface area contributed by atoms with E-state index in [9.17, 15) is 4.39 Å². The summed E-state index contributed by atoms with van der Waals surface area (Å²) in [7, 11) is 4.73. The SMILES string of the molecule is CCNC(=NCc1cc(OC)c(OC)c(OC)c1)NCCc1cc(F)cc2c1OCOC2. The zero-order chi connectivity index (χ0) is 22.9. The number of nitrogens with one attached hydrogen (secondary N) is 2. The number of benzene rings is 2. The molecule has 2 aromatic rings. The van der Waals surface area contributed by atoms with E-state index in [0.29, 0.717) is 61.6 Å². The molecule has 9 heteroatoms. The summed E-state index contributed by atoms with van der Waals surface area (Å²) in [5, 5.41) is 6.51. The molecule has 174 valence electrons. The van der Waals surface area contributed by atoms with Crippen molar-refractivity contribution < 1.29 is 28.1 Å². The largest absolute Gasteiger partial charge is 0.493 e. The molecule has 2 N–H and O–H groups in total. The normalized spacial score (nSPS) is 13.1. The Labute approximate surface area is 187 Å². The maximum absolute atomic E-state index is 14.0. The highest BCUT2D eigenvalue weighted by molar-refractivity contribution is 5.79. The number of hydrogen-bond acceptors (Lipinski definition) is 6. The van der Waals surface area contributed by atoms with Crippen LogP contribution in [0.5, 0.6) is 23.0 Å². The fraction of sp³-hybridized carbons (Fsp3) is 0.435. The maximum atomic E-state index is 14.0. The van der Waals surface area contributed by atoms with Gasteiger partial charge in [0.15, 0.2) is 24.3 Å². The molecule has 0 spiro atoms. The second kappa shape index (κ2) is 11.4. The van der Waals surface area contributed by atoms with Gasteiger partial charge in [-0.05, 0) is 48.7 Å². The third-order valence-corrected chi connectivity index (χ3v) is 4.93. The van der Waals surface area contributed by atoms with E-state index in [-0.39, 0.29) is 12.6 Å². The minimum absolute atomic E-state index is 0.179. The molecule has 0 aliphatic carbocycles. The van der Waals surface area contributed by atoms with E-state index < -0.39 is 0 Å². The van der Waals surface area contributed by atoms with Gasteiger partial charge >= 0.3 is 0 Å². The molecule has 2 aromatic carbocycles. The van der Waals surface area contributed by atoms with Crippen molar-refractivity contribution in [2.24, 2.45) is 4.99 Å². The maximum Gasteiger partial charge on any atom is 0.203 e.